The summed E-state index contributed by atoms with van der Waals surface area (Å²) in [4.78, 5) is 8.24. The van der Waals surface area contributed by atoms with Crippen LogP contribution in [0.5, 0.6) is 0 Å². The Kier molecular flexibility index (Phi) is 1.25. The van der Waals surface area contributed by atoms with E-state index in [-0.39, 0.29) is 6.61 Å². The third-order valence-corrected chi connectivity index (χ3v) is 0.735. The van der Waals surface area contributed by atoms with Crippen LogP contribution in [0, 0.1) is 0 Å². The zero-order chi connectivity index (χ0) is 5.28. The molecule has 1 aliphatic heterocycles. The highest BCUT2D eigenvalue weighted by molar-refractivity contribution is 4.57. The third kappa shape index (κ3) is 0.889. The van der Waals surface area contributed by atoms with Crippen LogP contribution in [0.4, 0.5) is 0 Å². The molecule has 0 aromatic heterocycles. The van der Waals surface area contributed by atoms with Gasteiger partial charge in [-0.1, -0.05) is 0 Å². The summed E-state index contributed by atoms with van der Waals surface area (Å²) in [6.07, 6.45) is -2.03. The predicted octanol–water partition coefficient (Wildman–Crippen LogP) is -1.37. The first-order valence-corrected chi connectivity index (χ1v) is 1.95. The van der Waals surface area contributed by atoms with Crippen LogP contribution in [0.3, 0.4) is 0 Å². The molecule has 0 amide bonds. The van der Waals surface area contributed by atoms with Crippen LogP contribution in [0.2, 0.25) is 0 Å². The van der Waals surface area contributed by atoms with E-state index >= 15 is 0 Å². The van der Waals surface area contributed by atoms with Gasteiger partial charge in [0.1, 0.15) is 12.7 Å². The van der Waals surface area contributed by atoms with Crippen molar-refractivity contribution in [2.75, 3.05) is 6.61 Å². The average Bonchev–Trinajstić information content (AvgIpc) is 1.91. The lowest BCUT2D eigenvalue weighted by atomic mass is 10.4. The molecule has 1 aliphatic rings. The molecule has 0 radical (unpaired) electrons. The highest BCUT2D eigenvalue weighted by atomic mass is 17.2. The van der Waals surface area contributed by atoms with Gasteiger partial charge < -0.3 is 10.2 Å². The lowest BCUT2D eigenvalue weighted by molar-refractivity contribution is -0.319. The van der Waals surface area contributed by atoms with E-state index in [0.717, 1.165) is 0 Å². The minimum atomic E-state index is -1.15. The van der Waals surface area contributed by atoms with Gasteiger partial charge in [0, 0.05) is 0 Å². The maximum atomic E-state index is 8.50. The lowest BCUT2D eigenvalue weighted by Gasteiger charge is -1.98. The van der Waals surface area contributed by atoms with Gasteiger partial charge in [-0.05, 0) is 0 Å². The Bertz CT molecular complexity index is 56.0. The number of hydrogen-bond acceptors (Lipinski definition) is 4. The largest absolute Gasteiger partial charge is 0.385 e. The Morgan fingerprint density at radius 2 is 2.14 bits per heavy atom. The van der Waals surface area contributed by atoms with E-state index in [1.165, 1.54) is 0 Å². The zero-order valence-electron chi connectivity index (χ0n) is 3.57. The van der Waals surface area contributed by atoms with Crippen molar-refractivity contribution in [2.45, 2.75) is 12.4 Å². The van der Waals surface area contributed by atoms with E-state index in [4.69, 9.17) is 10.2 Å². The van der Waals surface area contributed by atoms with Crippen LogP contribution in [-0.4, -0.2) is 29.2 Å². The highest BCUT2D eigenvalue weighted by Gasteiger charge is 2.24. The van der Waals surface area contributed by atoms with E-state index in [2.05, 4.69) is 9.78 Å². The van der Waals surface area contributed by atoms with Crippen LogP contribution < -0.4 is 0 Å². The van der Waals surface area contributed by atoms with Gasteiger partial charge in [-0.2, -0.15) is 0 Å². The standard InChI is InChI=1S/C3H6O4/c4-2-1-6-7-3(2)5/h2-5H,1H2. The molecule has 0 aromatic carbocycles. The summed E-state index contributed by atoms with van der Waals surface area (Å²) in [6, 6.07) is 0. The highest BCUT2D eigenvalue weighted by Crippen LogP contribution is 2.04. The van der Waals surface area contributed by atoms with Crippen LogP contribution in [0.15, 0.2) is 0 Å². The Labute approximate surface area is 40.2 Å². The molecule has 0 bridgehead atoms. The second-order valence-electron chi connectivity index (χ2n) is 1.34. The van der Waals surface area contributed by atoms with Gasteiger partial charge in [-0.3, -0.25) is 0 Å². The summed E-state index contributed by atoms with van der Waals surface area (Å²) in [5, 5.41) is 16.9. The molecule has 0 aromatic rings. The fraction of sp³-hybridized carbons (Fsp3) is 1.00. The summed E-state index contributed by atoms with van der Waals surface area (Å²) >= 11 is 0. The number of hydrogen-bond donors (Lipinski definition) is 2. The summed E-state index contributed by atoms with van der Waals surface area (Å²) in [5.41, 5.74) is 0. The van der Waals surface area contributed by atoms with Crippen molar-refractivity contribution >= 4 is 0 Å². The Morgan fingerprint density at radius 1 is 1.43 bits per heavy atom. The molecular weight excluding hydrogens is 100 g/mol. The smallest absolute Gasteiger partial charge is 0.217 e. The maximum Gasteiger partial charge on any atom is 0.217 e. The van der Waals surface area contributed by atoms with Crippen molar-refractivity contribution in [3.8, 4) is 0 Å². The molecule has 42 valence electrons. The quantitative estimate of drug-likeness (QED) is 0.374. The number of aliphatic hydroxyl groups excluding tert-OH is 2. The average molecular weight is 106 g/mol. The summed E-state index contributed by atoms with van der Waals surface area (Å²) in [5.74, 6) is 0. The van der Waals surface area contributed by atoms with Gasteiger partial charge in [-0.15, -0.1) is 0 Å². The molecule has 2 unspecified atom stereocenters. The van der Waals surface area contributed by atoms with Crippen molar-refractivity contribution in [1.29, 1.82) is 0 Å². The molecule has 0 aliphatic carbocycles. The third-order valence-electron chi connectivity index (χ3n) is 0.735. The molecule has 4 nitrogen and oxygen atoms in total. The molecular formula is C3H6O4. The van der Waals surface area contributed by atoms with Crippen LogP contribution in [0.25, 0.3) is 0 Å². The summed E-state index contributed by atoms with van der Waals surface area (Å²) < 4.78 is 0. The topological polar surface area (TPSA) is 58.9 Å². The molecule has 0 spiro atoms. The van der Waals surface area contributed by atoms with E-state index in [0.29, 0.717) is 0 Å². The molecule has 1 heterocycles. The molecule has 1 rings (SSSR count). The van der Waals surface area contributed by atoms with Gasteiger partial charge in [0.25, 0.3) is 0 Å². The molecule has 0 saturated carbocycles. The number of rotatable bonds is 0. The fourth-order valence-electron chi connectivity index (χ4n) is 0.325. The van der Waals surface area contributed by atoms with Crippen molar-refractivity contribution in [3.63, 3.8) is 0 Å². The van der Waals surface area contributed by atoms with Gasteiger partial charge in [0.2, 0.25) is 6.29 Å². The Balaban J connectivity index is 2.33. The van der Waals surface area contributed by atoms with Crippen molar-refractivity contribution < 1.29 is 20.0 Å². The van der Waals surface area contributed by atoms with Crippen LogP contribution in [0.1, 0.15) is 0 Å². The van der Waals surface area contributed by atoms with Gasteiger partial charge in [-0.25, -0.2) is 9.78 Å². The van der Waals surface area contributed by atoms with Gasteiger partial charge in [0.15, 0.2) is 0 Å². The SMILES string of the molecule is OC1COOC1O. The van der Waals surface area contributed by atoms with Crippen LogP contribution in [-0.2, 0) is 9.78 Å². The van der Waals surface area contributed by atoms with Crippen molar-refractivity contribution in [1.82, 2.24) is 0 Å². The molecule has 7 heavy (non-hydrogen) atoms. The zero-order valence-corrected chi connectivity index (χ0v) is 3.57. The predicted molar refractivity (Wildman–Crippen MR) is 19.1 cm³/mol. The van der Waals surface area contributed by atoms with Gasteiger partial charge >= 0.3 is 0 Å². The van der Waals surface area contributed by atoms with E-state index in [9.17, 15) is 0 Å². The van der Waals surface area contributed by atoms with Crippen molar-refractivity contribution in [2.24, 2.45) is 0 Å². The van der Waals surface area contributed by atoms with Crippen molar-refractivity contribution in [3.05, 3.63) is 0 Å². The molecule has 2 atom stereocenters. The molecule has 2 N–H and O–H groups in total. The van der Waals surface area contributed by atoms with E-state index < -0.39 is 12.4 Å². The van der Waals surface area contributed by atoms with E-state index in [1.54, 1.807) is 0 Å². The minimum Gasteiger partial charge on any atom is -0.385 e. The monoisotopic (exact) mass is 106 g/mol. The lowest BCUT2D eigenvalue weighted by Crippen LogP contribution is -2.21. The second-order valence-corrected chi connectivity index (χ2v) is 1.34. The first-order valence-electron chi connectivity index (χ1n) is 1.95. The summed E-state index contributed by atoms with van der Waals surface area (Å²) in [7, 11) is 0. The Morgan fingerprint density at radius 3 is 2.29 bits per heavy atom. The molecule has 1 saturated heterocycles. The number of aliphatic hydroxyl groups is 2. The summed E-state index contributed by atoms with van der Waals surface area (Å²) in [6.45, 7) is 0.0567. The minimum absolute atomic E-state index is 0.0567. The maximum absolute atomic E-state index is 8.50. The second kappa shape index (κ2) is 1.75. The van der Waals surface area contributed by atoms with Crippen LogP contribution >= 0.6 is 0 Å². The Hall–Kier alpha value is -0.160. The molecule has 1 fully saturated rings. The first-order chi connectivity index (χ1) is 3.30. The first kappa shape index (κ1) is 4.99. The van der Waals surface area contributed by atoms with Gasteiger partial charge in [0.05, 0.1) is 0 Å². The fourth-order valence-corrected chi connectivity index (χ4v) is 0.325. The molecule has 4 heteroatoms. The van der Waals surface area contributed by atoms with E-state index in [1.807, 2.05) is 0 Å². The normalized spacial score (nSPS) is 42.0.